The Morgan fingerprint density at radius 2 is 1.37 bits per heavy atom. The average Bonchev–Trinajstić information content (AvgIpc) is 3.27. The van der Waals surface area contributed by atoms with Gasteiger partial charge in [-0.25, -0.2) is 16.8 Å². The van der Waals surface area contributed by atoms with Crippen molar-refractivity contribution in [3.8, 4) is 17.2 Å². The first-order valence-corrected chi connectivity index (χ1v) is 15.9. The molecule has 0 unspecified atom stereocenters. The van der Waals surface area contributed by atoms with E-state index in [9.17, 15) is 21.6 Å². The number of hydrogen-bond donors (Lipinski definition) is 2. The molecule has 13 heteroatoms. The normalized spacial score (nSPS) is 14.5. The fraction of sp³-hybridized carbons (Fsp3) is 0.321. The molecule has 1 aliphatic rings. The minimum atomic E-state index is -3.98. The number of hydrogen-bond acceptors (Lipinski definition) is 8. The van der Waals surface area contributed by atoms with Gasteiger partial charge in [-0.3, -0.25) is 9.52 Å². The quantitative estimate of drug-likeness (QED) is 0.349. The van der Waals surface area contributed by atoms with Gasteiger partial charge in [0.2, 0.25) is 10.0 Å². The van der Waals surface area contributed by atoms with Crippen LogP contribution in [0, 0.1) is 0 Å². The first-order chi connectivity index (χ1) is 19.6. The van der Waals surface area contributed by atoms with Crippen molar-refractivity contribution in [3.63, 3.8) is 0 Å². The Morgan fingerprint density at radius 3 is 1.98 bits per heavy atom. The molecule has 0 aromatic heterocycles. The third kappa shape index (κ3) is 6.92. The highest BCUT2D eigenvalue weighted by Crippen LogP contribution is 2.31. The largest absolute Gasteiger partial charge is 0.497 e. The molecule has 3 aromatic carbocycles. The third-order valence-electron chi connectivity index (χ3n) is 6.69. The lowest BCUT2D eigenvalue weighted by molar-refractivity contribution is 0.102. The number of rotatable bonds is 10. The zero-order valence-electron chi connectivity index (χ0n) is 23.0. The standard InChI is InChI=1S/C28H33N3O8S2/c1-37-21-10-14-25(27(18-21)39-3)30-40(33,34)22-11-8-20(9-12-22)29-28(32)24-19-23(13-15-26(24)38-2)41(35,36)31-16-6-4-5-7-17-31/h8-15,18-19,30H,4-7,16-17H2,1-3H3,(H,29,32). The number of ether oxygens (including phenoxy) is 3. The minimum Gasteiger partial charge on any atom is -0.497 e. The number of nitrogens with zero attached hydrogens (tertiary/aromatic N) is 1. The molecule has 0 aliphatic carbocycles. The first kappa shape index (κ1) is 30.2. The van der Waals surface area contributed by atoms with Gasteiger partial charge in [0, 0.05) is 24.8 Å². The molecule has 2 N–H and O–H groups in total. The van der Waals surface area contributed by atoms with Gasteiger partial charge in [0.1, 0.15) is 17.2 Å². The molecule has 0 atom stereocenters. The molecule has 4 rings (SSSR count). The molecule has 0 radical (unpaired) electrons. The lowest BCUT2D eigenvalue weighted by Crippen LogP contribution is -2.32. The van der Waals surface area contributed by atoms with Crippen LogP contribution in [0.25, 0.3) is 0 Å². The predicted molar refractivity (Wildman–Crippen MR) is 155 cm³/mol. The Morgan fingerprint density at radius 1 is 0.732 bits per heavy atom. The number of benzene rings is 3. The molecule has 0 bridgehead atoms. The van der Waals surface area contributed by atoms with Crippen molar-refractivity contribution >= 4 is 37.3 Å². The van der Waals surface area contributed by atoms with E-state index in [4.69, 9.17) is 14.2 Å². The summed E-state index contributed by atoms with van der Waals surface area (Å²) in [7, 11) is -3.48. The Bertz CT molecular complexity index is 1600. The molecule has 0 spiro atoms. The zero-order chi connectivity index (χ0) is 29.6. The van der Waals surface area contributed by atoms with Gasteiger partial charge >= 0.3 is 0 Å². The van der Waals surface area contributed by atoms with Gasteiger partial charge < -0.3 is 19.5 Å². The summed E-state index contributed by atoms with van der Waals surface area (Å²) in [4.78, 5) is 13.2. The van der Waals surface area contributed by atoms with Crippen LogP contribution in [0.3, 0.4) is 0 Å². The highest BCUT2D eigenvalue weighted by molar-refractivity contribution is 7.92. The van der Waals surface area contributed by atoms with E-state index in [1.165, 1.54) is 74.2 Å². The van der Waals surface area contributed by atoms with E-state index in [1.54, 1.807) is 12.1 Å². The summed E-state index contributed by atoms with van der Waals surface area (Å²) >= 11 is 0. The SMILES string of the molecule is COc1ccc(NS(=O)(=O)c2ccc(NC(=O)c3cc(S(=O)(=O)N4CCCCCC4)ccc3OC)cc2)c(OC)c1. The molecule has 3 aromatic rings. The second-order valence-electron chi connectivity index (χ2n) is 9.33. The van der Waals surface area contributed by atoms with Gasteiger partial charge in [0.25, 0.3) is 15.9 Å². The predicted octanol–water partition coefficient (Wildman–Crippen LogP) is 4.33. The monoisotopic (exact) mass is 603 g/mol. The third-order valence-corrected chi connectivity index (χ3v) is 9.97. The molecule has 1 amide bonds. The summed E-state index contributed by atoms with van der Waals surface area (Å²) in [6.07, 6.45) is 3.54. The van der Waals surface area contributed by atoms with Crippen LogP contribution in [0.15, 0.2) is 70.5 Å². The number of carbonyl (C=O) groups is 1. The van der Waals surface area contributed by atoms with E-state index in [1.807, 2.05) is 0 Å². The summed E-state index contributed by atoms with van der Waals surface area (Å²) in [6, 6.07) is 14.4. The number of amides is 1. The summed E-state index contributed by atoms with van der Waals surface area (Å²) < 4.78 is 72.2. The van der Waals surface area contributed by atoms with Crippen LogP contribution in [-0.4, -0.2) is 61.5 Å². The number of methoxy groups -OCH3 is 3. The number of sulfonamides is 2. The van der Waals surface area contributed by atoms with E-state index in [-0.39, 0.29) is 32.5 Å². The van der Waals surface area contributed by atoms with E-state index in [0.717, 1.165) is 25.7 Å². The lowest BCUT2D eigenvalue weighted by atomic mass is 10.2. The second kappa shape index (κ2) is 12.8. The lowest BCUT2D eigenvalue weighted by Gasteiger charge is -2.20. The van der Waals surface area contributed by atoms with Gasteiger partial charge in [-0.05, 0) is 67.4 Å². The summed E-state index contributed by atoms with van der Waals surface area (Å²) in [5, 5.41) is 2.68. The minimum absolute atomic E-state index is 0.00632. The number of carbonyl (C=O) groups excluding carboxylic acids is 1. The van der Waals surface area contributed by atoms with Gasteiger partial charge in [0.05, 0.1) is 42.4 Å². The smallest absolute Gasteiger partial charge is 0.262 e. The molecular weight excluding hydrogens is 570 g/mol. The fourth-order valence-corrected chi connectivity index (χ4v) is 7.07. The van der Waals surface area contributed by atoms with Crippen LogP contribution in [0.5, 0.6) is 17.2 Å². The molecule has 41 heavy (non-hydrogen) atoms. The van der Waals surface area contributed by atoms with Crippen molar-refractivity contribution in [1.82, 2.24) is 4.31 Å². The van der Waals surface area contributed by atoms with Gasteiger partial charge in [-0.1, -0.05) is 12.8 Å². The van der Waals surface area contributed by atoms with E-state index >= 15 is 0 Å². The first-order valence-electron chi connectivity index (χ1n) is 12.9. The Kier molecular flexibility index (Phi) is 9.41. The molecule has 11 nitrogen and oxygen atoms in total. The highest BCUT2D eigenvalue weighted by atomic mass is 32.2. The number of nitrogens with one attached hydrogen (secondary N) is 2. The van der Waals surface area contributed by atoms with Crippen LogP contribution in [0.4, 0.5) is 11.4 Å². The summed E-state index contributed by atoms with van der Waals surface area (Å²) in [6.45, 7) is 0.872. The maximum atomic E-state index is 13.3. The van der Waals surface area contributed by atoms with Crippen molar-refractivity contribution in [2.75, 3.05) is 44.5 Å². The van der Waals surface area contributed by atoms with Crippen molar-refractivity contribution < 1.29 is 35.8 Å². The van der Waals surface area contributed by atoms with Crippen LogP contribution < -0.4 is 24.2 Å². The van der Waals surface area contributed by atoms with Crippen LogP contribution in [0.1, 0.15) is 36.0 Å². The second-order valence-corrected chi connectivity index (χ2v) is 13.0. The Balaban J connectivity index is 1.52. The molecular formula is C28H33N3O8S2. The van der Waals surface area contributed by atoms with Crippen LogP contribution >= 0.6 is 0 Å². The van der Waals surface area contributed by atoms with Crippen LogP contribution in [0.2, 0.25) is 0 Å². The molecule has 1 heterocycles. The molecule has 1 aliphatic heterocycles. The van der Waals surface area contributed by atoms with Crippen LogP contribution in [-0.2, 0) is 20.0 Å². The fourth-order valence-electron chi connectivity index (χ4n) is 4.46. The van der Waals surface area contributed by atoms with E-state index in [2.05, 4.69) is 10.0 Å². The summed E-state index contributed by atoms with van der Waals surface area (Å²) in [5.74, 6) is 0.387. The topological polar surface area (TPSA) is 140 Å². The van der Waals surface area contributed by atoms with Crippen molar-refractivity contribution in [1.29, 1.82) is 0 Å². The summed E-state index contributed by atoms with van der Waals surface area (Å²) in [5.41, 5.74) is 0.569. The van der Waals surface area contributed by atoms with Crippen molar-refractivity contribution in [2.24, 2.45) is 0 Å². The Labute approximate surface area is 240 Å². The maximum Gasteiger partial charge on any atom is 0.262 e. The maximum absolute atomic E-state index is 13.3. The zero-order valence-corrected chi connectivity index (χ0v) is 24.7. The Hall–Kier alpha value is -3.81. The van der Waals surface area contributed by atoms with E-state index in [0.29, 0.717) is 24.5 Å². The number of anilines is 2. The van der Waals surface area contributed by atoms with E-state index < -0.39 is 26.0 Å². The van der Waals surface area contributed by atoms with Gasteiger partial charge in [0.15, 0.2) is 0 Å². The molecule has 1 saturated heterocycles. The highest BCUT2D eigenvalue weighted by Gasteiger charge is 2.27. The van der Waals surface area contributed by atoms with Gasteiger partial charge in [-0.2, -0.15) is 4.31 Å². The van der Waals surface area contributed by atoms with Crippen molar-refractivity contribution in [3.05, 3.63) is 66.2 Å². The molecule has 1 fully saturated rings. The van der Waals surface area contributed by atoms with Crippen molar-refractivity contribution in [2.45, 2.75) is 35.5 Å². The average molecular weight is 604 g/mol. The molecule has 0 saturated carbocycles. The molecule has 220 valence electrons. The van der Waals surface area contributed by atoms with Gasteiger partial charge in [-0.15, -0.1) is 0 Å².